The van der Waals surface area contributed by atoms with E-state index in [1.165, 1.54) is 11.3 Å². The highest BCUT2D eigenvalue weighted by atomic mass is 35.5. The summed E-state index contributed by atoms with van der Waals surface area (Å²) in [5.41, 5.74) is 1.36. The van der Waals surface area contributed by atoms with E-state index in [1.54, 1.807) is 23.1 Å². The lowest BCUT2D eigenvalue weighted by molar-refractivity contribution is 0.0984. The first-order chi connectivity index (χ1) is 13.0. The van der Waals surface area contributed by atoms with E-state index in [-0.39, 0.29) is 18.3 Å². The average Bonchev–Trinajstić information content (AvgIpc) is 3.08. The lowest BCUT2D eigenvalue weighted by atomic mass is 10.2. The molecule has 1 heterocycles. The summed E-state index contributed by atoms with van der Waals surface area (Å²) < 4.78 is 1.05. The molecule has 0 saturated heterocycles. The fraction of sp³-hybridized carbons (Fsp3) is 0.300. The molecule has 8 heteroatoms. The van der Waals surface area contributed by atoms with Crippen molar-refractivity contribution in [2.45, 2.75) is 13.8 Å². The number of hydrogen-bond donors (Lipinski definition) is 0. The summed E-state index contributed by atoms with van der Waals surface area (Å²) in [6.07, 6.45) is 0. The van der Waals surface area contributed by atoms with Crippen LogP contribution in [0.4, 0.5) is 5.13 Å². The average molecular weight is 459 g/mol. The van der Waals surface area contributed by atoms with Crippen LogP contribution in [0.5, 0.6) is 0 Å². The standard InChI is InChI=1S/C20H21Cl2N3OS.ClH/c1-3-24(4-2)9-10-25(19(26)14-11-15(21)13-16(22)12-14)20-23-17-7-5-6-8-18(17)27-20;/h5-8,11-13H,3-4,9-10H2,1-2H3;1H. The van der Waals surface area contributed by atoms with E-state index in [1.807, 2.05) is 24.3 Å². The molecule has 0 unspecified atom stereocenters. The zero-order chi connectivity index (χ0) is 19.4. The number of benzene rings is 2. The summed E-state index contributed by atoms with van der Waals surface area (Å²) in [5, 5.41) is 1.57. The van der Waals surface area contributed by atoms with E-state index in [0.29, 0.717) is 27.3 Å². The molecule has 1 amide bonds. The second kappa shape index (κ2) is 10.4. The van der Waals surface area contributed by atoms with Crippen LogP contribution >= 0.6 is 46.9 Å². The van der Waals surface area contributed by atoms with Gasteiger partial charge in [0.05, 0.1) is 10.2 Å². The van der Waals surface area contributed by atoms with Crippen LogP contribution in [-0.2, 0) is 0 Å². The van der Waals surface area contributed by atoms with E-state index in [0.717, 1.165) is 29.9 Å². The molecule has 0 fully saturated rings. The maximum atomic E-state index is 13.3. The number of anilines is 1. The zero-order valence-electron chi connectivity index (χ0n) is 15.7. The van der Waals surface area contributed by atoms with Crippen molar-refractivity contribution in [3.8, 4) is 0 Å². The molecule has 4 nitrogen and oxygen atoms in total. The van der Waals surface area contributed by atoms with Crippen LogP contribution in [0.1, 0.15) is 24.2 Å². The second-order valence-electron chi connectivity index (χ2n) is 6.11. The Balaban J connectivity index is 0.00000280. The predicted molar refractivity (Wildman–Crippen MR) is 123 cm³/mol. The van der Waals surface area contributed by atoms with Crippen LogP contribution < -0.4 is 4.90 Å². The third-order valence-electron chi connectivity index (χ3n) is 4.40. The van der Waals surface area contributed by atoms with E-state index in [2.05, 4.69) is 23.7 Å². The number of thiazole rings is 1. The fourth-order valence-corrected chi connectivity index (χ4v) is 4.39. The van der Waals surface area contributed by atoms with Gasteiger partial charge in [0.1, 0.15) is 0 Å². The molecule has 0 aliphatic carbocycles. The van der Waals surface area contributed by atoms with Crippen molar-refractivity contribution in [2.75, 3.05) is 31.1 Å². The van der Waals surface area contributed by atoms with Crippen LogP contribution in [-0.4, -0.2) is 42.0 Å². The van der Waals surface area contributed by atoms with E-state index >= 15 is 0 Å². The Morgan fingerprint density at radius 1 is 1.04 bits per heavy atom. The number of halogens is 3. The summed E-state index contributed by atoms with van der Waals surface area (Å²) in [4.78, 5) is 21.9. The number of nitrogens with zero attached hydrogens (tertiary/aromatic N) is 3. The summed E-state index contributed by atoms with van der Waals surface area (Å²) in [6, 6.07) is 12.8. The van der Waals surface area contributed by atoms with Crippen molar-refractivity contribution in [1.29, 1.82) is 0 Å². The van der Waals surface area contributed by atoms with Gasteiger partial charge in [-0.2, -0.15) is 0 Å². The SMILES string of the molecule is CCN(CC)CCN(C(=O)c1cc(Cl)cc(Cl)c1)c1nc2ccccc2s1.Cl. The van der Waals surface area contributed by atoms with Crippen molar-refractivity contribution < 1.29 is 4.79 Å². The number of fused-ring (bicyclic) bond motifs is 1. The first-order valence-corrected chi connectivity index (χ1v) is 10.4. The Labute approximate surface area is 185 Å². The van der Waals surface area contributed by atoms with Crippen molar-refractivity contribution in [3.05, 3.63) is 58.1 Å². The fourth-order valence-electron chi connectivity index (χ4n) is 2.87. The molecular weight excluding hydrogens is 437 g/mol. The van der Waals surface area contributed by atoms with E-state index < -0.39 is 0 Å². The van der Waals surface area contributed by atoms with Crippen LogP contribution in [0.3, 0.4) is 0 Å². The highest BCUT2D eigenvalue weighted by Gasteiger charge is 2.22. The topological polar surface area (TPSA) is 36.4 Å². The van der Waals surface area contributed by atoms with Crippen molar-refractivity contribution in [2.24, 2.45) is 0 Å². The highest BCUT2D eigenvalue weighted by Crippen LogP contribution is 2.30. The van der Waals surface area contributed by atoms with Crippen LogP contribution in [0.2, 0.25) is 10.0 Å². The first-order valence-electron chi connectivity index (χ1n) is 8.87. The number of aromatic nitrogens is 1. The molecule has 3 rings (SSSR count). The van der Waals surface area contributed by atoms with Gasteiger partial charge in [-0.3, -0.25) is 9.69 Å². The normalized spacial score (nSPS) is 10.9. The van der Waals surface area contributed by atoms with Crippen LogP contribution in [0.15, 0.2) is 42.5 Å². The quantitative estimate of drug-likeness (QED) is 0.435. The van der Waals surface area contributed by atoms with Crippen LogP contribution in [0, 0.1) is 0 Å². The Bertz CT molecular complexity index is 890. The Morgan fingerprint density at radius 3 is 2.29 bits per heavy atom. The monoisotopic (exact) mass is 457 g/mol. The first kappa shape index (κ1) is 22.9. The van der Waals surface area contributed by atoms with Gasteiger partial charge < -0.3 is 4.90 Å². The summed E-state index contributed by atoms with van der Waals surface area (Å²) in [5.74, 6) is -0.148. The molecule has 0 aliphatic rings. The maximum Gasteiger partial charge on any atom is 0.260 e. The molecule has 0 spiro atoms. The molecule has 3 aromatic rings. The van der Waals surface area contributed by atoms with Gasteiger partial charge in [-0.15, -0.1) is 12.4 Å². The minimum absolute atomic E-state index is 0. The number of para-hydroxylation sites is 1. The van der Waals surface area contributed by atoms with Crippen molar-refractivity contribution in [1.82, 2.24) is 9.88 Å². The molecule has 0 aliphatic heterocycles. The molecule has 0 saturated carbocycles. The largest absolute Gasteiger partial charge is 0.302 e. The number of carbonyl (C=O) groups excluding carboxylic acids is 1. The Morgan fingerprint density at radius 2 is 1.68 bits per heavy atom. The minimum Gasteiger partial charge on any atom is -0.302 e. The molecule has 150 valence electrons. The third-order valence-corrected chi connectivity index (χ3v) is 5.90. The van der Waals surface area contributed by atoms with Gasteiger partial charge in [0, 0.05) is 28.7 Å². The number of likely N-dealkylation sites (N-methyl/N-ethyl adjacent to an activating group) is 1. The van der Waals surface area contributed by atoms with Gasteiger partial charge in [0.2, 0.25) is 0 Å². The molecular formula is C20H22Cl3N3OS. The van der Waals surface area contributed by atoms with Crippen LogP contribution in [0.25, 0.3) is 10.2 Å². The number of carbonyl (C=O) groups is 1. The van der Waals surface area contributed by atoms with E-state index in [4.69, 9.17) is 23.2 Å². The molecule has 1 aromatic heterocycles. The predicted octanol–water partition coefficient (Wildman–Crippen LogP) is 6.01. The minimum atomic E-state index is -0.148. The molecule has 0 N–H and O–H groups in total. The lowest BCUT2D eigenvalue weighted by Gasteiger charge is -2.24. The molecule has 2 aromatic carbocycles. The van der Waals surface area contributed by atoms with Gasteiger partial charge in [-0.25, -0.2) is 4.98 Å². The van der Waals surface area contributed by atoms with Crippen molar-refractivity contribution >= 4 is 68.2 Å². The highest BCUT2D eigenvalue weighted by molar-refractivity contribution is 7.22. The van der Waals surface area contributed by atoms with E-state index in [9.17, 15) is 4.79 Å². The Hall–Kier alpha value is -1.37. The summed E-state index contributed by atoms with van der Waals surface area (Å²) >= 11 is 13.7. The smallest absolute Gasteiger partial charge is 0.260 e. The third kappa shape index (κ3) is 5.37. The number of hydrogen-bond acceptors (Lipinski definition) is 4. The van der Waals surface area contributed by atoms with Gasteiger partial charge >= 0.3 is 0 Å². The Kier molecular flexibility index (Phi) is 8.53. The zero-order valence-corrected chi connectivity index (χ0v) is 18.8. The number of rotatable bonds is 7. The van der Waals surface area contributed by atoms with Crippen molar-refractivity contribution in [3.63, 3.8) is 0 Å². The maximum absolute atomic E-state index is 13.3. The summed E-state index contributed by atoms with van der Waals surface area (Å²) in [7, 11) is 0. The van der Waals surface area contributed by atoms with Gasteiger partial charge in [-0.1, -0.05) is 60.5 Å². The molecule has 0 atom stereocenters. The van der Waals surface area contributed by atoms with Gasteiger partial charge in [-0.05, 0) is 43.4 Å². The second-order valence-corrected chi connectivity index (χ2v) is 7.99. The molecule has 28 heavy (non-hydrogen) atoms. The van der Waals surface area contributed by atoms with Gasteiger partial charge in [0.25, 0.3) is 5.91 Å². The van der Waals surface area contributed by atoms with Gasteiger partial charge in [0.15, 0.2) is 5.13 Å². The lowest BCUT2D eigenvalue weighted by Crippen LogP contribution is -2.38. The number of amides is 1. The summed E-state index contributed by atoms with van der Waals surface area (Å²) in [6.45, 7) is 7.41. The molecule has 0 bridgehead atoms. The molecule has 0 radical (unpaired) electrons.